The molecule has 0 spiro atoms. The summed E-state index contributed by atoms with van der Waals surface area (Å²) in [5.41, 5.74) is 9.67. The van der Waals surface area contributed by atoms with Crippen molar-refractivity contribution in [3.8, 4) is 0 Å². The minimum Gasteiger partial charge on any atom is -0.384 e. The number of benzene rings is 2. The lowest BCUT2D eigenvalue weighted by Gasteiger charge is -2.37. The van der Waals surface area contributed by atoms with Crippen molar-refractivity contribution in [2.75, 3.05) is 74.9 Å². The van der Waals surface area contributed by atoms with Gasteiger partial charge >= 0.3 is 6.03 Å². The van der Waals surface area contributed by atoms with Gasteiger partial charge in [0.2, 0.25) is 5.91 Å². The lowest BCUT2D eigenvalue weighted by atomic mass is 9.89. The number of rotatable bonds is 12. The molecular formula is C42H51N11O5. The van der Waals surface area contributed by atoms with Gasteiger partial charge in [0, 0.05) is 56.8 Å². The van der Waals surface area contributed by atoms with Gasteiger partial charge in [-0.15, -0.1) is 0 Å². The fraction of sp³-hybridized carbons (Fsp3) is 0.452. The van der Waals surface area contributed by atoms with E-state index in [0.29, 0.717) is 66.0 Å². The Kier molecular flexibility index (Phi) is 11.0. The molecule has 6 amide bonds. The Hall–Kier alpha value is -6.03. The van der Waals surface area contributed by atoms with Gasteiger partial charge in [-0.05, 0) is 100 Å². The molecule has 16 nitrogen and oxygen atoms in total. The second-order valence-electron chi connectivity index (χ2n) is 15.9. The van der Waals surface area contributed by atoms with Crippen LogP contribution in [-0.4, -0.2) is 131 Å². The number of fused-ring (bicyclic) bond motifs is 1. The summed E-state index contributed by atoms with van der Waals surface area (Å²) < 4.78 is 0. The van der Waals surface area contributed by atoms with Crippen molar-refractivity contribution >= 4 is 52.7 Å². The van der Waals surface area contributed by atoms with Crippen molar-refractivity contribution in [2.24, 2.45) is 5.73 Å². The van der Waals surface area contributed by atoms with E-state index in [0.717, 1.165) is 82.0 Å². The van der Waals surface area contributed by atoms with Gasteiger partial charge in [0.05, 0.1) is 23.4 Å². The Labute approximate surface area is 337 Å². The number of amides is 6. The zero-order chi connectivity index (χ0) is 40.5. The lowest BCUT2D eigenvalue weighted by molar-refractivity contribution is -0.125. The number of urea groups is 1. The first-order valence-electron chi connectivity index (χ1n) is 20.3. The molecule has 4 fully saturated rings. The highest BCUT2D eigenvalue weighted by Gasteiger charge is 2.45. The van der Waals surface area contributed by atoms with E-state index in [1.165, 1.54) is 5.56 Å². The number of hydrogen-bond acceptors (Lipinski definition) is 11. The van der Waals surface area contributed by atoms with Crippen molar-refractivity contribution in [3.05, 3.63) is 83.3 Å². The van der Waals surface area contributed by atoms with Gasteiger partial charge < -0.3 is 41.3 Å². The van der Waals surface area contributed by atoms with E-state index >= 15 is 0 Å². The van der Waals surface area contributed by atoms with Crippen LogP contribution in [0.25, 0.3) is 0 Å². The van der Waals surface area contributed by atoms with Crippen LogP contribution in [-0.2, 0) is 4.79 Å². The largest absolute Gasteiger partial charge is 0.384 e. The third-order valence-corrected chi connectivity index (χ3v) is 12.2. The molecule has 8 rings (SSSR count). The van der Waals surface area contributed by atoms with Crippen LogP contribution in [0.15, 0.2) is 60.9 Å². The molecule has 4 saturated heterocycles. The molecule has 0 aliphatic carbocycles. The molecule has 5 aliphatic heterocycles. The minimum atomic E-state index is -0.838. The van der Waals surface area contributed by atoms with Crippen molar-refractivity contribution in [1.29, 1.82) is 0 Å². The fourth-order valence-corrected chi connectivity index (χ4v) is 8.96. The standard InChI is InChI=1S/C42H51N11O5/c1-26-9-14-33(39(55)46-26)53-40(56)31-7-3-8-32(35(31)41(53)57)44-17-5-18-50-20-15-28(16-21-50)27-10-12-29(13-11-27)47-38-36(37(43)54)45-24-34(48-38)51-19-4-6-30(25-51)52-23-22-49(2)42(52)58/h3,7-8,10-13,24,28,30,33,44H,1,4-6,9,14-23,25H2,2H3,(H2,43,54)(H,46,55)(H,47,48)/t30-,33?/m1/s1. The summed E-state index contributed by atoms with van der Waals surface area (Å²) in [7, 11) is 1.83. The van der Waals surface area contributed by atoms with Crippen LogP contribution in [0.2, 0.25) is 0 Å². The van der Waals surface area contributed by atoms with E-state index < -0.39 is 23.8 Å². The number of hydrogen-bond donors (Lipinski definition) is 4. The highest BCUT2D eigenvalue weighted by molar-refractivity contribution is 6.25. The summed E-state index contributed by atoms with van der Waals surface area (Å²) in [5.74, 6) is -0.549. The van der Waals surface area contributed by atoms with Crippen LogP contribution in [0.3, 0.4) is 0 Å². The highest BCUT2D eigenvalue weighted by Crippen LogP contribution is 2.34. The smallest absolute Gasteiger partial charge is 0.320 e. The van der Waals surface area contributed by atoms with Gasteiger partial charge in [0.15, 0.2) is 11.5 Å². The number of aromatic nitrogens is 2. The molecule has 5 aliphatic rings. The molecule has 58 heavy (non-hydrogen) atoms. The molecule has 6 heterocycles. The first-order chi connectivity index (χ1) is 28.0. The van der Waals surface area contributed by atoms with Crippen LogP contribution in [0.1, 0.15) is 87.6 Å². The number of carbonyl (C=O) groups is 5. The van der Waals surface area contributed by atoms with Crippen molar-refractivity contribution in [2.45, 2.75) is 62.9 Å². The van der Waals surface area contributed by atoms with E-state index in [4.69, 9.17) is 10.7 Å². The van der Waals surface area contributed by atoms with Gasteiger partial charge in [0.1, 0.15) is 11.9 Å². The molecule has 16 heteroatoms. The Bertz CT molecular complexity index is 2120. The minimum absolute atomic E-state index is 0.0596. The van der Waals surface area contributed by atoms with E-state index in [1.54, 1.807) is 23.2 Å². The number of primary amides is 1. The van der Waals surface area contributed by atoms with E-state index in [2.05, 4.69) is 49.4 Å². The first-order valence-corrected chi connectivity index (χ1v) is 20.3. The van der Waals surface area contributed by atoms with Crippen molar-refractivity contribution < 1.29 is 24.0 Å². The van der Waals surface area contributed by atoms with Crippen molar-refractivity contribution in [1.82, 2.24) is 34.9 Å². The van der Waals surface area contributed by atoms with Crippen LogP contribution in [0.4, 0.5) is 27.8 Å². The normalized spacial score (nSPS) is 21.8. The number of piperidine rings is 3. The quantitative estimate of drug-likeness (QED) is 0.155. The molecule has 2 atom stereocenters. The number of carbonyl (C=O) groups excluding carboxylic acids is 5. The molecule has 1 aromatic heterocycles. The Balaban J connectivity index is 0.819. The zero-order valence-electron chi connectivity index (χ0n) is 32.9. The maximum atomic E-state index is 13.5. The second kappa shape index (κ2) is 16.4. The first kappa shape index (κ1) is 38.8. The summed E-state index contributed by atoms with van der Waals surface area (Å²) in [6.45, 7) is 10.1. The molecule has 0 saturated carbocycles. The number of anilines is 4. The molecular weight excluding hydrogens is 739 g/mol. The molecule has 1 unspecified atom stereocenters. The number of nitrogens with one attached hydrogen (secondary N) is 3. The molecule has 0 bridgehead atoms. The number of likely N-dealkylation sites (tertiary alicyclic amines) is 1. The van der Waals surface area contributed by atoms with Crippen LogP contribution < -0.4 is 26.6 Å². The molecule has 2 aromatic carbocycles. The maximum Gasteiger partial charge on any atom is 0.320 e. The zero-order valence-corrected chi connectivity index (χ0v) is 32.9. The third-order valence-electron chi connectivity index (χ3n) is 12.2. The second-order valence-corrected chi connectivity index (χ2v) is 15.9. The van der Waals surface area contributed by atoms with Gasteiger partial charge in [-0.25, -0.2) is 14.8 Å². The monoisotopic (exact) mass is 789 g/mol. The van der Waals surface area contributed by atoms with Gasteiger partial charge in [-0.3, -0.25) is 24.1 Å². The van der Waals surface area contributed by atoms with Crippen LogP contribution >= 0.6 is 0 Å². The summed E-state index contributed by atoms with van der Waals surface area (Å²) in [4.78, 5) is 82.9. The summed E-state index contributed by atoms with van der Waals surface area (Å²) >= 11 is 0. The van der Waals surface area contributed by atoms with Gasteiger partial charge in [-0.2, -0.15) is 0 Å². The number of allylic oxidation sites excluding steroid dienone is 1. The fourth-order valence-electron chi connectivity index (χ4n) is 8.96. The summed E-state index contributed by atoms with van der Waals surface area (Å²) in [5, 5.41) is 9.35. The Morgan fingerprint density at radius 3 is 2.48 bits per heavy atom. The SMILES string of the molecule is C=C1CCC(N2C(=O)c3cccc(NCCCN4CCC(c5ccc(Nc6nc(N7CCC[C@@H](N8CCN(C)C8=O)C7)cnc6C(N)=O)cc5)CC4)c3C2=O)C(=O)N1. The molecule has 304 valence electrons. The maximum absolute atomic E-state index is 13.5. The van der Waals surface area contributed by atoms with Crippen LogP contribution in [0, 0.1) is 0 Å². The highest BCUT2D eigenvalue weighted by atomic mass is 16.2. The van der Waals surface area contributed by atoms with Gasteiger partial charge in [-0.1, -0.05) is 24.8 Å². The van der Waals surface area contributed by atoms with E-state index in [9.17, 15) is 24.0 Å². The predicted octanol–water partition coefficient (Wildman–Crippen LogP) is 3.73. The van der Waals surface area contributed by atoms with E-state index in [-0.39, 0.29) is 23.7 Å². The third kappa shape index (κ3) is 7.80. The molecule has 0 radical (unpaired) electrons. The number of imide groups is 1. The van der Waals surface area contributed by atoms with E-state index in [1.807, 2.05) is 30.1 Å². The molecule has 3 aromatic rings. The average molecular weight is 790 g/mol. The van der Waals surface area contributed by atoms with Crippen LogP contribution in [0.5, 0.6) is 0 Å². The average Bonchev–Trinajstić information content (AvgIpc) is 3.70. The van der Waals surface area contributed by atoms with Crippen molar-refractivity contribution in [3.63, 3.8) is 0 Å². The Morgan fingerprint density at radius 2 is 1.76 bits per heavy atom. The number of likely N-dealkylation sites (N-methyl/N-ethyl adjacent to an activating group) is 1. The molecule has 5 N–H and O–H groups in total. The topological polar surface area (TPSA) is 189 Å². The number of nitrogens with two attached hydrogens (primary N) is 1. The predicted molar refractivity (Wildman–Crippen MR) is 219 cm³/mol. The number of nitrogens with zero attached hydrogens (tertiary/aromatic N) is 7. The summed E-state index contributed by atoms with van der Waals surface area (Å²) in [6.07, 6.45) is 7.24. The summed E-state index contributed by atoms with van der Waals surface area (Å²) in [6, 6.07) is 12.8. The van der Waals surface area contributed by atoms with Gasteiger partial charge in [0.25, 0.3) is 17.7 Å². The lowest BCUT2D eigenvalue weighted by Crippen LogP contribution is -2.51. The Morgan fingerprint density at radius 1 is 0.966 bits per heavy atom.